The number of rotatable bonds is 1. The molecule has 0 fully saturated rings. The third-order valence-corrected chi connectivity index (χ3v) is 0.844. The number of anilines is 1. The van der Waals surface area contributed by atoms with E-state index in [9.17, 15) is 0 Å². The van der Waals surface area contributed by atoms with Gasteiger partial charge in [0.05, 0.1) is 13.4 Å². The SMILES string of the molecule is COc1occc1N. The van der Waals surface area contributed by atoms with Crippen molar-refractivity contribution in [3.63, 3.8) is 0 Å². The molecule has 0 saturated carbocycles. The van der Waals surface area contributed by atoms with E-state index in [1.807, 2.05) is 0 Å². The van der Waals surface area contributed by atoms with Gasteiger partial charge in [0, 0.05) is 6.07 Å². The van der Waals surface area contributed by atoms with Crippen LogP contribution in [0, 0.1) is 0 Å². The van der Waals surface area contributed by atoms with Crippen LogP contribution in [0.5, 0.6) is 5.95 Å². The minimum Gasteiger partial charge on any atom is -0.467 e. The third kappa shape index (κ3) is 0.621. The third-order valence-electron chi connectivity index (χ3n) is 0.844. The average Bonchev–Trinajstić information content (AvgIpc) is 2.14. The molecule has 1 aromatic heterocycles. The van der Waals surface area contributed by atoms with E-state index in [0.717, 1.165) is 0 Å². The Hall–Kier alpha value is -1.12. The van der Waals surface area contributed by atoms with Crippen LogP contribution in [0.25, 0.3) is 0 Å². The van der Waals surface area contributed by atoms with Crippen LogP contribution in [0.1, 0.15) is 0 Å². The second kappa shape index (κ2) is 1.78. The molecule has 0 amide bonds. The summed E-state index contributed by atoms with van der Waals surface area (Å²) in [6.07, 6.45) is 1.48. The molecule has 1 aromatic rings. The zero-order valence-corrected chi connectivity index (χ0v) is 4.55. The van der Waals surface area contributed by atoms with E-state index in [1.54, 1.807) is 6.07 Å². The van der Waals surface area contributed by atoms with Crippen LogP contribution < -0.4 is 10.5 Å². The van der Waals surface area contributed by atoms with Crippen molar-refractivity contribution in [1.82, 2.24) is 0 Å². The van der Waals surface area contributed by atoms with Crippen molar-refractivity contribution in [1.29, 1.82) is 0 Å². The van der Waals surface area contributed by atoms with Gasteiger partial charge in [-0.2, -0.15) is 0 Å². The molecule has 1 heterocycles. The van der Waals surface area contributed by atoms with Crippen molar-refractivity contribution in [3.05, 3.63) is 12.3 Å². The molecule has 2 N–H and O–H groups in total. The van der Waals surface area contributed by atoms with E-state index < -0.39 is 0 Å². The number of nitrogens with two attached hydrogens (primary N) is 1. The van der Waals surface area contributed by atoms with Crippen molar-refractivity contribution in [2.45, 2.75) is 0 Å². The first kappa shape index (κ1) is 5.03. The van der Waals surface area contributed by atoms with Gasteiger partial charge in [-0.3, -0.25) is 0 Å². The van der Waals surface area contributed by atoms with Crippen molar-refractivity contribution in [2.24, 2.45) is 0 Å². The molecule has 3 heteroatoms. The fraction of sp³-hybridized carbons (Fsp3) is 0.200. The second-order valence-electron chi connectivity index (χ2n) is 1.37. The molecule has 3 nitrogen and oxygen atoms in total. The van der Waals surface area contributed by atoms with Crippen molar-refractivity contribution in [3.8, 4) is 5.95 Å². The summed E-state index contributed by atoms with van der Waals surface area (Å²) in [5.41, 5.74) is 5.87. The van der Waals surface area contributed by atoms with Crippen LogP contribution in [-0.2, 0) is 0 Å². The predicted octanol–water partition coefficient (Wildman–Crippen LogP) is 0.870. The van der Waals surface area contributed by atoms with E-state index in [1.165, 1.54) is 13.4 Å². The fourth-order valence-corrected chi connectivity index (χ4v) is 0.471. The summed E-state index contributed by atoms with van der Waals surface area (Å²) in [6.45, 7) is 0. The first-order valence-corrected chi connectivity index (χ1v) is 2.21. The van der Waals surface area contributed by atoms with E-state index in [0.29, 0.717) is 11.6 Å². The highest BCUT2D eigenvalue weighted by Crippen LogP contribution is 2.20. The summed E-state index contributed by atoms with van der Waals surface area (Å²) in [5, 5.41) is 0. The second-order valence-corrected chi connectivity index (χ2v) is 1.37. The molecule has 44 valence electrons. The molecule has 0 unspecified atom stereocenters. The van der Waals surface area contributed by atoms with E-state index in [2.05, 4.69) is 0 Å². The van der Waals surface area contributed by atoms with Gasteiger partial charge in [0.15, 0.2) is 0 Å². The normalized spacial score (nSPS) is 9.12. The average molecular weight is 113 g/mol. The Morgan fingerprint density at radius 3 is 2.75 bits per heavy atom. The Morgan fingerprint density at radius 2 is 2.50 bits per heavy atom. The molecule has 0 bridgehead atoms. The number of nitrogen functional groups attached to an aromatic ring is 1. The number of ether oxygens (including phenoxy) is 1. The van der Waals surface area contributed by atoms with Crippen molar-refractivity contribution in [2.75, 3.05) is 12.8 Å². The highest BCUT2D eigenvalue weighted by atomic mass is 16.6. The molecular weight excluding hydrogens is 106 g/mol. The molecule has 1 rings (SSSR count). The minimum atomic E-state index is 0.380. The predicted molar refractivity (Wildman–Crippen MR) is 29.7 cm³/mol. The van der Waals surface area contributed by atoms with Crippen LogP contribution >= 0.6 is 0 Å². The number of hydrogen-bond donors (Lipinski definition) is 1. The first-order valence-electron chi connectivity index (χ1n) is 2.21. The zero-order chi connectivity index (χ0) is 5.98. The summed E-state index contributed by atoms with van der Waals surface area (Å²) < 4.78 is 9.46. The van der Waals surface area contributed by atoms with Crippen LogP contribution in [-0.4, -0.2) is 7.11 Å². The molecule has 0 aromatic carbocycles. The summed E-state index contributed by atoms with van der Waals surface area (Å²) in [6, 6.07) is 1.64. The first-order chi connectivity index (χ1) is 3.84. The van der Waals surface area contributed by atoms with Gasteiger partial charge in [0.2, 0.25) is 0 Å². The van der Waals surface area contributed by atoms with Gasteiger partial charge < -0.3 is 14.9 Å². The van der Waals surface area contributed by atoms with Gasteiger partial charge >= 0.3 is 5.95 Å². The van der Waals surface area contributed by atoms with Crippen LogP contribution in [0.4, 0.5) is 5.69 Å². The highest BCUT2D eigenvalue weighted by molar-refractivity contribution is 5.45. The summed E-state index contributed by atoms with van der Waals surface area (Å²) >= 11 is 0. The Kier molecular flexibility index (Phi) is 1.12. The molecule has 0 radical (unpaired) electrons. The topological polar surface area (TPSA) is 48.4 Å². The number of furan rings is 1. The standard InChI is InChI=1S/C5H7NO2/c1-7-5-4(6)2-3-8-5/h2-3H,6H2,1H3. The van der Waals surface area contributed by atoms with E-state index >= 15 is 0 Å². The van der Waals surface area contributed by atoms with Gasteiger partial charge in [-0.15, -0.1) is 0 Å². The summed E-state index contributed by atoms with van der Waals surface area (Å²) in [7, 11) is 1.51. The largest absolute Gasteiger partial charge is 0.467 e. The lowest BCUT2D eigenvalue weighted by Gasteiger charge is -1.90. The van der Waals surface area contributed by atoms with Gasteiger partial charge in [-0.1, -0.05) is 0 Å². The van der Waals surface area contributed by atoms with E-state index in [-0.39, 0.29) is 0 Å². The lowest BCUT2D eigenvalue weighted by molar-refractivity contribution is 0.307. The molecule has 0 aliphatic rings. The fourth-order valence-electron chi connectivity index (χ4n) is 0.471. The molecule has 0 spiro atoms. The monoisotopic (exact) mass is 113 g/mol. The van der Waals surface area contributed by atoms with Gasteiger partial charge in [-0.25, -0.2) is 0 Å². The maximum atomic E-state index is 5.33. The highest BCUT2D eigenvalue weighted by Gasteiger charge is 1.97. The maximum Gasteiger partial charge on any atom is 0.308 e. The Bertz CT molecular complexity index is 171. The Labute approximate surface area is 47.0 Å². The van der Waals surface area contributed by atoms with Gasteiger partial charge in [-0.05, 0) is 0 Å². The van der Waals surface area contributed by atoms with Gasteiger partial charge in [0.1, 0.15) is 5.69 Å². The van der Waals surface area contributed by atoms with Crippen LogP contribution in [0.15, 0.2) is 16.7 Å². The van der Waals surface area contributed by atoms with Crippen LogP contribution in [0.2, 0.25) is 0 Å². The molecule has 8 heavy (non-hydrogen) atoms. The molecule has 0 aliphatic heterocycles. The minimum absolute atomic E-state index is 0.380. The Morgan fingerprint density at radius 1 is 1.75 bits per heavy atom. The summed E-state index contributed by atoms with van der Waals surface area (Å²) in [4.78, 5) is 0. The lowest BCUT2D eigenvalue weighted by Crippen LogP contribution is -1.85. The smallest absolute Gasteiger partial charge is 0.308 e. The van der Waals surface area contributed by atoms with E-state index in [4.69, 9.17) is 14.9 Å². The molecule has 0 saturated heterocycles. The lowest BCUT2D eigenvalue weighted by atomic mass is 10.5. The molecular formula is C5H7NO2. The van der Waals surface area contributed by atoms with Gasteiger partial charge in [0.25, 0.3) is 0 Å². The number of hydrogen-bond acceptors (Lipinski definition) is 3. The quantitative estimate of drug-likeness (QED) is 0.587. The van der Waals surface area contributed by atoms with Crippen LogP contribution in [0.3, 0.4) is 0 Å². The maximum absolute atomic E-state index is 5.33. The van der Waals surface area contributed by atoms with Crippen molar-refractivity contribution < 1.29 is 9.15 Å². The molecule has 0 aliphatic carbocycles. The summed E-state index contributed by atoms with van der Waals surface area (Å²) in [5.74, 6) is 0.380. The zero-order valence-electron chi connectivity index (χ0n) is 4.55. The van der Waals surface area contributed by atoms with Crippen molar-refractivity contribution >= 4 is 5.69 Å². The Balaban J connectivity index is 2.92. The number of methoxy groups -OCH3 is 1. The molecule has 0 atom stereocenters.